The van der Waals surface area contributed by atoms with E-state index in [-0.39, 0.29) is 24.7 Å². The van der Waals surface area contributed by atoms with E-state index in [1.165, 1.54) is 17.0 Å². The highest BCUT2D eigenvalue weighted by molar-refractivity contribution is 5.86. The van der Waals surface area contributed by atoms with Crippen LogP contribution in [0.2, 0.25) is 0 Å². The zero-order valence-electron chi connectivity index (χ0n) is 13.9. The SMILES string of the molecule is CC(C)N(C)CC1(O)CCCN(Cc2cccc(F)c2F)C1=O. The van der Waals surface area contributed by atoms with Crippen LogP contribution in [-0.4, -0.2) is 52.6 Å². The van der Waals surface area contributed by atoms with Crippen molar-refractivity contribution >= 4 is 5.91 Å². The maximum atomic E-state index is 13.8. The average Bonchev–Trinajstić information content (AvgIpc) is 2.48. The number of likely N-dealkylation sites (N-methyl/N-ethyl adjacent to an activating group) is 1. The minimum absolute atomic E-state index is 0.0316. The molecule has 0 aromatic heterocycles. The van der Waals surface area contributed by atoms with Gasteiger partial charge in [0, 0.05) is 31.2 Å². The minimum atomic E-state index is -1.47. The van der Waals surface area contributed by atoms with Crippen LogP contribution in [0, 0.1) is 11.6 Å². The van der Waals surface area contributed by atoms with E-state index < -0.39 is 23.1 Å². The molecule has 1 heterocycles. The lowest BCUT2D eigenvalue weighted by Crippen LogP contribution is -2.58. The fourth-order valence-electron chi connectivity index (χ4n) is 2.83. The Morgan fingerprint density at radius 3 is 2.74 bits per heavy atom. The van der Waals surface area contributed by atoms with E-state index >= 15 is 0 Å². The molecule has 1 aromatic carbocycles. The molecule has 128 valence electrons. The molecule has 1 unspecified atom stereocenters. The summed E-state index contributed by atoms with van der Waals surface area (Å²) in [5.74, 6) is -2.28. The number of amides is 1. The Balaban J connectivity index is 2.14. The van der Waals surface area contributed by atoms with Crippen molar-refractivity contribution in [1.29, 1.82) is 0 Å². The van der Waals surface area contributed by atoms with E-state index in [4.69, 9.17) is 0 Å². The third kappa shape index (κ3) is 3.87. The summed E-state index contributed by atoms with van der Waals surface area (Å²) in [4.78, 5) is 16.0. The Morgan fingerprint density at radius 1 is 1.39 bits per heavy atom. The largest absolute Gasteiger partial charge is 0.379 e. The molecule has 1 aliphatic rings. The third-order valence-electron chi connectivity index (χ3n) is 4.49. The van der Waals surface area contributed by atoms with Gasteiger partial charge in [-0.05, 0) is 39.8 Å². The van der Waals surface area contributed by atoms with Crippen molar-refractivity contribution in [2.75, 3.05) is 20.1 Å². The quantitative estimate of drug-likeness (QED) is 0.902. The summed E-state index contributed by atoms with van der Waals surface area (Å²) in [6.45, 7) is 4.59. The Morgan fingerprint density at radius 2 is 2.09 bits per heavy atom. The first-order valence-corrected chi connectivity index (χ1v) is 7.89. The van der Waals surface area contributed by atoms with Crippen molar-refractivity contribution in [3.8, 4) is 0 Å². The number of piperidine rings is 1. The molecule has 6 heteroatoms. The highest BCUT2D eigenvalue weighted by Crippen LogP contribution is 2.26. The monoisotopic (exact) mass is 326 g/mol. The zero-order chi connectivity index (χ0) is 17.2. The van der Waals surface area contributed by atoms with Gasteiger partial charge in [0.25, 0.3) is 5.91 Å². The van der Waals surface area contributed by atoms with Crippen molar-refractivity contribution in [2.24, 2.45) is 0 Å². The van der Waals surface area contributed by atoms with Crippen LogP contribution in [0.4, 0.5) is 8.78 Å². The fourth-order valence-corrected chi connectivity index (χ4v) is 2.83. The Kier molecular flexibility index (Phi) is 5.37. The van der Waals surface area contributed by atoms with Gasteiger partial charge in [-0.3, -0.25) is 4.79 Å². The van der Waals surface area contributed by atoms with E-state index in [9.17, 15) is 18.7 Å². The highest BCUT2D eigenvalue weighted by atomic mass is 19.2. The van der Waals surface area contributed by atoms with Crippen LogP contribution in [0.3, 0.4) is 0 Å². The molecule has 0 saturated carbocycles. The van der Waals surface area contributed by atoms with E-state index in [2.05, 4.69) is 0 Å². The van der Waals surface area contributed by atoms with Crippen molar-refractivity contribution in [3.63, 3.8) is 0 Å². The standard InChI is InChI=1S/C17H24F2N2O2/c1-12(2)20(3)11-17(23)8-5-9-21(16(17)22)10-13-6-4-7-14(18)15(13)19/h4,6-7,12,23H,5,8-11H2,1-3H3. The van der Waals surface area contributed by atoms with Crippen molar-refractivity contribution < 1.29 is 18.7 Å². The smallest absolute Gasteiger partial charge is 0.256 e. The molecule has 1 aromatic rings. The summed E-state index contributed by atoms with van der Waals surface area (Å²) in [6.07, 6.45) is 1.01. The number of hydrogen-bond donors (Lipinski definition) is 1. The van der Waals surface area contributed by atoms with Gasteiger partial charge < -0.3 is 14.9 Å². The van der Waals surface area contributed by atoms with Crippen LogP contribution in [-0.2, 0) is 11.3 Å². The molecule has 2 rings (SSSR count). The topological polar surface area (TPSA) is 43.8 Å². The molecule has 0 bridgehead atoms. The van der Waals surface area contributed by atoms with Crippen molar-refractivity contribution in [2.45, 2.75) is 44.9 Å². The molecule has 4 nitrogen and oxygen atoms in total. The normalized spacial score (nSPS) is 22.3. The predicted molar refractivity (Wildman–Crippen MR) is 83.7 cm³/mol. The van der Waals surface area contributed by atoms with Gasteiger partial charge in [0.2, 0.25) is 0 Å². The molecule has 1 N–H and O–H groups in total. The maximum absolute atomic E-state index is 13.8. The van der Waals surface area contributed by atoms with Crippen molar-refractivity contribution in [3.05, 3.63) is 35.4 Å². The van der Waals surface area contributed by atoms with E-state index in [1.54, 1.807) is 0 Å². The van der Waals surface area contributed by atoms with Crippen molar-refractivity contribution in [1.82, 2.24) is 9.80 Å². The summed E-state index contributed by atoms with van der Waals surface area (Å²) in [6, 6.07) is 4.12. The zero-order valence-corrected chi connectivity index (χ0v) is 13.9. The minimum Gasteiger partial charge on any atom is -0.379 e. The molecular formula is C17H24F2N2O2. The summed E-state index contributed by atoms with van der Waals surface area (Å²) < 4.78 is 27.1. The van der Waals surface area contributed by atoms with Gasteiger partial charge in [0.15, 0.2) is 17.2 Å². The van der Waals surface area contributed by atoms with Crippen LogP contribution in [0.5, 0.6) is 0 Å². The lowest BCUT2D eigenvalue weighted by molar-refractivity contribution is -0.160. The maximum Gasteiger partial charge on any atom is 0.256 e. The molecule has 23 heavy (non-hydrogen) atoms. The Bertz CT molecular complexity index is 580. The fraction of sp³-hybridized carbons (Fsp3) is 0.588. The van der Waals surface area contributed by atoms with Gasteiger partial charge in [-0.15, -0.1) is 0 Å². The van der Waals surface area contributed by atoms with E-state index in [0.717, 1.165) is 6.07 Å². The number of nitrogens with zero attached hydrogens (tertiary/aromatic N) is 2. The van der Waals surface area contributed by atoms with Crippen LogP contribution in [0.25, 0.3) is 0 Å². The summed E-state index contributed by atoms with van der Waals surface area (Å²) in [7, 11) is 1.85. The van der Waals surface area contributed by atoms with E-state index in [1.807, 2.05) is 25.8 Å². The summed E-state index contributed by atoms with van der Waals surface area (Å²) in [5, 5.41) is 10.7. The highest BCUT2D eigenvalue weighted by Gasteiger charge is 2.43. The molecule has 1 saturated heterocycles. The lowest BCUT2D eigenvalue weighted by Gasteiger charge is -2.41. The molecule has 1 amide bonds. The predicted octanol–water partition coefficient (Wildman–Crippen LogP) is 2.16. The average molecular weight is 326 g/mol. The number of likely N-dealkylation sites (tertiary alicyclic amines) is 1. The first-order chi connectivity index (χ1) is 10.7. The number of halogens is 2. The number of rotatable bonds is 5. The lowest BCUT2D eigenvalue weighted by atomic mass is 9.90. The van der Waals surface area contributed by atoms with Gasteiger partial charge >= 0.3 is 0 Å². The molecule has 1 atom stereocenters. The Hall–Kier alpha value is -1.53. The summed E-state index contributed by atoms with van der Waals surface area (Å²) >= 11 is 0. The molecule has 0 spiro atoms. The second-order valence-electron chi connectivity index (χ2n) is 6.58. The van der Waals surface area contributed by atoms with Gasteiger partial charge in [-0.2, -0.15) is 0 Å². The van der Waals surface area contributed by atoms with Crippen LogP contribution in [0.15, 0.2) is 18.2 Å². The second-order valence-corrected chi connectivity index (χ2v) is 6.58. The number of benzene rings is 1. The van der Waals surface area contributed by atoms with E-state index in [0.29, 0.717) is 19.4 Å². The second kappa shape index (κ2) is 6.93. The molecule has 1 aliphatic heterocycles. The number of carbonyl (C=O) groups is 1. The molecular weight excluding hydrogens is 302 g/mol. The third-order valence-corrected chi connectivity index (χ3v) is 4.49. The van der Waals surface area contributed by atoms with Crippen LogP contribution in [0.1, 0.15) is 32.3 Å². The molecule has 0 radical (unpaired) electrons. The number of hydrogen-bond acceptors (Lipinski definition) is 3. The molecule has 0 aliphatic carbocycles. The molecule has 1 fully saturated rings. The summed E-state index contributed by atoms with van der Waals surface area (Å²) in [5.41, 5.74) is -1.35. The number of aliphatic hydroxyl groups is 1. The van der Waals surface area contributed by atoms with Crippen LogP contribution < -0.4 is 0 Å². The van der Waals surface area contributed by atoms with Gasteiger partial charge in [0.05, 0.1) is 0 Å². The van der Waals surface area contributed by atoms with Gasteiger partial charge in [-0.1, -0.05) is 12.1 Å². The van der Waals surface area contributed by atoms with Gasteiger partial charge in [0.1, 0.15) is 0 Å². The first kappa shape index (κ1) is 17.8. The van der Waals surface area contributed by atoms with Gasteiger partial charge in [-0.25, -0.2) is 8.78 Å². The first-order valence-electron chi connectivity index (χ1n) is 7.89. The number of carbonyl (C=O) groups excluding carboxylic acids is 1. The Labute approximate surface area is 135 Å². The van der Waals surface area contributed by atoms with Crippen LogP contribution >= 0.6 is 0 Å².